The minimum absolute atomic E-state index is 0.222. The first kappa shape index (κ1) is 14.3. The number of aromatic carboxylic acids is 1. The van der Waals surface area contributed by atoms with E-state index in [1.165, 1.54) is 0 Å². The number of nitrogens with zero attached hydrogens (tertiary/aromatic N) is 1. The summed E-state index contributed by atoms with van der Waals surface area (Å²) in [6.45, 7) is 4.00. The molecule has 2 rings (SSSR count). The van der Waals surface area contributed by atoms with Gasteiger partial charge in [0.2, 0.25) is 0 Å². The number of hydrogen-bond acceptors (Lipinski definition) is 3. The molecule has 1 saturated heterocycles. The lowest BCUT2D eigenvalue weighted by molar-refractivity contribution is 0.0498. The van der Waals surface area contributed by atoms with Gasteiger partial charge in [-0.1, -0.05) is 6.92 Å². The number of rotatable bonds is 3. The summed E-state index contributed by atoms with van der Waals surface area (Å²) >= 11 is 3.46. The second kappa shape index (κ2) is 5.92. The molecule has 19 heavy (non-hydrogen) atoms. The third-order valence-electron chi connectivity index (χ3n) is 3.73. The molecule has 2 unspecified atom stereocenters. The molecule has 0 saturated carbocycles. The smallest absolute Gasteiger partial charge is 0.335 e. The third kappa shape index (κ3) is 3.09. The van der Waals surface area contributed by atoms with Gasteiger partial charge in [-0.2, -0.15) is 0 Å². The van der Waals surface area contributed by atoms with Crippen molar-refractivity contribution in [2.45, 2.75) is 19.4 Å². The summed E-state index contributed by atoms with van der Waals surface area (Å²) in [5.41, 5.74) is 1.32. The van der Waals surface area contributed by atoms with Gasteiger partial charge in [0.25, 0.3) is 0 Å². The molecule has 0 amide bonds. The van der Waals surface area contributed by atoms with Crippen molar-refractivity contribution in [1.29, 1.82) is 0 Å². The Labute approximate surface area is 121 Å². The van der Waals surface area contributed by atoms with Crippen molar-refractivity contribution >= 4 is 27.6 Å². The van der Waals surface area contributed by atoms with Crippen LogP contribution in [-0.2, 0) is 4.74 Å². The van der Waals surface area contributed by atoms with E-state index in [9.17, 15) is 4.79 Å². The Morgan fingerprint density at radius 2 is 2.26 bits per heavy atom. The molecule has 1 N–H and O–H groups in total. The average Bonchev–Trinajstić information content (AvgIpc) is 2.39. The van der Waals surface area contributed by atoms with Crippen molar-refractivity contribution in [1.82, 2.24) is 0 Å². The highest BCUT2D eigenvalue weighted by molar-refractivity contribution is 9.10. The molecular formula is C14H18BrNO3. The first-order valence-electron chi connectivity index (χ1n) is 6.33. The fourth-order valence-corrected chi connectivity index (χ4v) is 3.09. The molecular weight excluding hydrogens is 310 g/mol. The SMILES string of the molecule is COC1CN(c2ccc(C(=O)O)cc2Br)CCC1C. The van der Waals surface area contributed by atoms with Crippen molar-refractivity contribution in [3.05, 3.63) is 28.2 Å². The summed E-state index contributed by atoms with van der Waals surface area (Å²) in [4.78, 5) is 13.2. The highest BCUT2D eigenvalue weighted by Crippen LogP contribution is 2.31. The summed E-state index contributed by atoms with van der Waals surface area (Å²) in [6, 6.07) is 5.15. The van der Waals surface area contributed by atoms with E-state index >= 15 is 0 Å². The van der Waals surface area contributed by atoms with Crippen molar-refractivity contribution in [3.8, 4) is 0 Å². The highest BCUT2D eigenvalue weighted by Gasteiger charge is 2.27. The minimum Gasteiger partial charge on any atom is -0.478 e. The van der Waals surface area contributed by atoms with Gasteiger partial charge in [-0.25, -0.2) is 4.79 Å². The van der Waals surface area contributed by atoms with Crippen molar-refractivity contribution in [2.75, 3.05) is 25.1 Å². The van der Waals surface area contributed by atoms with Gasteiger partial charge in [0.1, 0.15) is 0 Å². The number of carboxylic acid groups (broad SMARTS) is 1. The van der Waals surface area contributed by atoms with E-state index in [1.54, 1.807) is 19.2 Å². The third-order valence-corrected chi connectivity index (χ3v) is 4.36. The van der Waals surface area contributed by atoms with Crippen LogP contribution in [0, 0.1) is 5.92 Å². The zero-order valence-electron chi connectivity index (χ0n) is 11.1. The Bertz CT molecular complexity index is 478. The van der Waals surface area contributed by atoms with Crippen LogP contribution in [-0.4, -0.2) is 37.4 Å². The minimum atomic E-state index is -0.908. The number of benzene rings is 1. The van der Waals surface area contributed by atoms with Crippen molar-refractivity contribution in [2.24, 2.45) is 5.92 Å². The summed E-state index contributed by atoms with van der Waals surface area (Å²) < 4.78 is 6.32. The molecule has 1 aromatic carbocycles. The van der Waals surface area contributed by atoms with Gasteiger partial charge in [-0.15, -0.1) is 0 Å². The predicted octanol–water partition coefficient (Wildman–Crippen LogP) is 3.01. The lowest BCUT2D eigenvalue weighted by Gasteiger charge is -2.38. The Morgan fingerprint density at radius 1 is 1.53 bits per heavy atom. The molecule has 1 aliphatic rings. The number of ether oxygens (including phenoxy) is 1. The van der Waals surface area contributed by atoms with Crippen molar-refractivity contribution in [3.63, 3.8) is 0 Å². The lowest BCUT2D eigenvalue weighted by Crippen LogP contribution is -2.44. The molecule has 104 valence electrons. The second-order valence-corrected chi connectivity index (χ2v) is 5.81. The Balaban J connectivity index is 2.20. The van der Waals surface area contributed by atoms with Gasteiger partial charge in [0.15, 0.2) is 0 Å². The zero-order valence-corrected chi connectivity index (χ0v) is 12.7. The predicted molar refractivity (Wildman–Crippen MR) is 77.9 cm³/mol. The van der Waals surface area contributed by atoms with Crippen LogP contribution in [0.4, 0.5) is 5.69 Å². The van der Waals surface area contributed by atoms with Gasteiger partial charge >= 0.3 is 5.97 Å². The van der Waals surface area contributed by atoms with Crippen LogP contribution in [0.3, 0.4) is 0 Å². The maximum absolute atomic E-state index is 10.9. The number of carboxylic acids is 1. The molecule has 0 aromatic heterocycles. The summed E-state index contributed by atoms with van der Waals surface area (Å²) in [6.07, 6.45) is 1.30. The Morgan fingerprint density at radius 3 is 2.84 bits per heavy atom. The molecule has 0 aliphatic carbocycles. The van der Waals surface area contributed by atoms with Crippen LogP contribution in [0.1, 0.15) is 23.7 Å². The Hall–Kier alpha value is -1.07. The molecule has 5 heteroatoms. The van der Waals surface area contributed by atoms with Gasteiger partial charge in [0, 0.05) is 24.7 Å². The average molecular weight is 328 g/mol. The van der Waals surface area contributed by atoms with Crippen molar-refractivity contribution < 1.29 is 14.6 Å². The first-order valence-corrected chi connectivity index (χ1v) is 7.12. The van der Waals surface area contributed by atoms with E-state index in [0.717, 1.165) is 29.7 Å². The summed E-state index contributed by atoms with van der Waals surface area (Å²) in [5, 5.41) is 8.97. The number of carbonyl (C=O) groups is 1. The Kier molecular flexibility index (Phi) is 4.47. The highest BCUT2D eigenvalue weighted by atomic mass is 79.9. The van der Waals surface area contributed by atoms with Gasteiger partial charge < -0.3 is 14.7 Å². The van der Waals surface area contributed by atoms with Gasteiger partial charge in [-0.05, 0) is 46.5 Å². The monoisotopic (exact) mass is 327 g/mol. The topological polar surface area (TPSA) is 49.8 Å². The quantitative estimate of drug-likeness (QED) is 0.927. The molecule has 4 nitrogen and oxygen atoms in total. The molecule has 0 radical (unpaired) electrons. The van der Waals surface area contributed by atoms with E-state index in [4.69, 9.17) is 9.84 Å². The van der Waals surface area contributed by atoms with Crippen LogP contribution in [0.5, 0.6) is 0 Å². The van der Waals surface area contributed by atoms with Crippen LogP contribution >= 0.6 is 15.9 Å². The molecule has 0 spiro atoms. The first-order chi connectivity index (χ1) is 9.02. The lowest BCUT2D eigenvalue weighted by atomic mass is 9.95. The van der Waals surface area contributed by atoms with E-state index in [0.29, 0.717) is 11.5 Å². The van der Waals surface area contributed by atoms with Gasteiger partial charge in [0.05, 0.1) is 17.4 Å². The number of methoxy groups -OCH3 is 1. The molecule has 1 aromatic rings. The fraction of sp³-hybridized carbons (Fsp3) is 0.500. The van der Waals surface area contributed by atoms with Crippen LogP contribution in [0.2, 0.25) is 0 Å². The fourth-order valence-electron chi connectivity index (χ4n) is 2.46. The largest absolute Gasteiger partial charge is 0.478 e. The normalized spacial score (nSPS) is 23.4. The molecule has 1 heterocycles. The van der Waals surface area contributed by atoms with E-state index in [-0.39, 0.29) is 6.10 Å². The summed E-state index contributed by atoms with van der Waals surface area (Å²) in [7, 11) is 1.74. The molecule has 0 bridgehead atoms. The van der Waals surface area contributed by atoms with Gasteiger partial charge in [-0.3, -0.25) is 0 Å². The van der Waals surface area contributed by atoms with Crippen LogP contribution in [0.25, 0.3) is 0 Å². The summed E-state index contributed by atoms with van der Waals surface area (Å²) in [5.74, 6) is -0.354. The zero-order chi connectivity index (χ0) is 14.0. The number of hydrogen-bond donors (Lipinski definition) is 1. The van der Waals surface area contributed by atoms with E-state index < -0.39 is 5.97 Å². The standard InChI is InChI=1S/C14H18BrNO3/c1-9-5-6-16(8-13(9)19-2)12-4-3-10(14(17)18)7-11(12)15/h3-4,7,9,13H,5-6,8H2,1-2H3,(H,17,18). The van der Waals surface area contributed by atoms with E-state index in [1.807, 2.05) is 6.07 Å². The number of piperidine rings is 1. The molecule has 1 aliphatic heterocycles. The number of anilines is 1. The maximum Gasteiger partial charge on any atom is 0.335 e. The van der Waals surface area contributed by atoms with Crippen LogP contribution < -0.4 is 4.90 Å². The maximum atomic E-state index is 10.9. The van der Waals surface area contributed by atoms with E-state index in [2.05, 4.69) is 27.8 Å². The van der Waals surface area contributed by atoms with Crippen LogP contribution in [0.15, 0.2) is 22.7 Å². The second-order valence-electron chi connectivity index (χ2n) is 4.96. The molecule has 2 atom stereocenters. The molecule has 1 fully saturated rings. The number of halogens is 1.